The molecule has 3 aromatic rings. The van der Waals surface area contributed by atoms with Crippen LogP contribution in [0.3, 0.4) is 0 Å². The Labute approximate surface area is 187 Å². The quantitative estimate of drug-likeness (QED) is 0.397. The molecule has 0 aliphatic carbocycles. The van der Waals surface area contributed by atoms with Crippen LogP contribution in [-0.2, 0) is 0 Å². The lowest BCUT2D eigenvalue weighted by atomic mass is 9.93. The van der Waals surface area contributed by atoms with Crippen LogP contribution in [0.15, 0.2) is 53.5 Å². The number of carbonyl (C=O) groups excluding carboxylic acids is 2. The van der Waals surface area contributed by atoms with Gasteiger partial charge in [-0.1, -0.05) is 41.9 Å². The van der Waals surface area contributed by atoms with Crippen LogP contribution in [0.2, 0.25) is 0 Å². The van der Waals surface area contributed by atoms with Gasteiger partial charge in [0.15, 0.2) is 5.88 Å². The summed E-state index contributed by atoms with van der Waals surface area (Å²) in [4.78, 5) is 34.4. The van der Waals surface area contributed by atoms with Crippen LogP contribution in [0.25, 0.3) is 11.3 Å². The van der Waals surface area contributed by atoms with Crippen LogP contribution < -0.4 is 10.8 Å². The number of carbonyl (C=O) groups is 2. The number of benzene rings is 2. The smallest absolute Gasteiger partial charge is 0.280 e. The summed E-state index contributed by atoms with van der Waals surface area (Å²) >= 11 is 0. The third kappa shape index (κ3) is 4.22. The number of amides is 2. The minimum Gasteiger partial charge on any atom is -0.494 e. The number of nitrogens with one attached hydrogen (secondary N) is 2. The predicted molar refractivity (Wildman–Crippen MR) is 125 cm³/mol. The number of fused-ring (bicyclic) bond motifs is 1. The Balaban J connectivity index is 1.62. The lowest BCUT2D eigenvalue weighted by Crippen LogP contribution is -2.27. The Bertz CT molecular complexity index is 1210. The molecule has 1 aromatic heterocycles. The van der Waals surface area contributed by atoms with Crippen molar-refractivity contribution < 1.29 is 14.7 Å². The number of aromatic nitrogens is 1. The summed E-state index contributed by atoms with van der Waals surface area (Å²) in [6.07, 6.45) is 0.843. The highest BCUT2D eigenvalue weighted by atomic mass is 16.3. The molecule has 32 heavy (non-hydrogen) atoms. The van der Waals surface area contributed by atoms with Gasteiger partial charge in [-0.15, -0.1) is 0 Å². The molecule has 2 radical (unpaired) electrons. The molecule has 0 saturated heterocycles. The van der Waals surface area contributed by atoms with Crippen LogP contribution in [0, 0.1) is 0 Å². The highest BCUT2D eigenvalue weighted by Gasteiger charge is 2.33. The summed E-state index contributed by atoms with van der Waals surface area (Å²) < 4.78 is 0. The molecule has 0 atom stereocenters. The van der Waals surface area contributed by atoms with Gasteiger partial charge < -0.3 is 20.3 Å². The fourth-order valence-electron chi connectivity index (χ4n) is 3.73. The molecular weight excluding hydrogens is 403 g/mol. The molecule has 2 amide bonds. The average molecular weight is 426 g/mol. The normalized spacial score (nSPS) is 12.7. The number of nitrogens with zero attached hydrogens (tertiary/aromatic N) is 2. The van der Waals surface area contributed by atoms with E-state index in [1.807, 2.05) is 14.1 Å². The second-order valence-electron chi connectivity index (χ2n) is 7.98. The Hall–Kier alpha value is -3.65. The topological polar surface area (TPSA) is 97.8 Å². The number of aromatic amines is 1. The lowest BCUT2D eigenvalue weighted by molar-refractivity contribution is 0.0951. The third-order valence-electron chi connectivity index (χ3n) is 5.31. The number of rotatable bonds is 7. The van der Waals surface area contributed by atoms with Crippen LogP contribution in [0.5, 0.6) is 5.88 Å². The zero-order valence-electron chi connectivity index (χ0n) is 18.0. The molecule has 7 nitrogen and oxygen atoms in total. The first-order valence-corrected chi connectivity index (χ1v) is 10.3. The van der Waals surface area contributed by atoms with E-state index >= 15 is 0 Å². The summed E-state index contributed by atoms with van der Waals surface area (Å²) in [5.74, 6) is -0.782. The van der Waals surface area contributed by atoms with E-state index in [4.69, 9.17) is 7.85 Å². The van der Waals surface area contributed by atoms with Gasteiger partial charge in [0.2, 0.25) is 0 Å². The van der Waals surface area contributed by atoms with Gasteiger partial charge in [0.1, 0.15) is 7.85 Å². The Kier molecular flexibility index (Phi) is 5.96. The monoisotopic (exact) mass is 426 g/mol. The fraction of sp³-hybridized carbons (Fsp3) is 0.208. The van der Waals surface area contributed by atoms with Gasteiger partial charge in [-0.25, -0.2) is 4.99 Å². The van der Waals surface area contributed by atoms with E-state index < -0.39 is 5.91 Å². The fourth-order valence-corrected chi connectivity index (χ4v) is 3.73. The molecule has 2 aromatic carbocycles. The highest BCUT2D eigenvalue weighted by molar-refractivity contribution is 6.33. The van der Waals surface area contributed by atoms with Gasteiger partial charge in [0, 0.05) is 17.7 Å². The molecule has 0 fully saturated rings. The molecule has 0 spiro atoms. The first-order chi connectivity index (χ1) is 15.3. The zero-order chi connectivity index (χ0) is 22.8. The largest absolute Gasteiger partial charge is 0.494 e. The molecule has 0 bridgehead atoms. The number of aromatic hydroxyl groups is 1. The molecule has 3 N–H and O–H groups in total. The van der Waals surface area contributed by atoms with Crippen molar-refractivity contribution in [3.05, 3.63) is 70.8 Å². The van der Waals surface area contributed by atoms with E-state index in [9.17, 15) is 14.7 Å². The van der Waals surface area contributed by atoms with Crippen molar-refractivity contribution in [1.29, 1.82) is 0 Å². The molecular formula is C24H23BN4O3. The van der Waals surface area contributed by atoms with Gasteiger partial charge in [0.25, 0.3) is 11.8 Å². The average Bonchev–Trinajstić information content (AvgIpc) is 3.30. The highest BCUT2D eigenvalue weighted by Crippen LogP contribution is 2.38. The second kappa shape index (κ2) is 8.84. The summed E-state index contributed by atoms with van der Waals surface area (Å²) in [6.45, 7) is 1.45. The SMILES string of the molecule is [B]c1ccc(C2=NC(=O)c3c(-c4cccc(C(=O)NCCCN(C)C)c4)[nH]c(O)c32)cc1. The maximum absolute atomic E-state index is 12.7. The molecule has 1 aliphatic rings. The molecule has 160 valence electrons. The summed E-state index contributed by atoms with van der Waals surface area (Å²) in [7, 11) is 9.72. The van der Waals surface area contributed by atoms with Gasteiger partial charge in [-0.05, 0) is 44.8 Å². The molecule has 0 unspecified atom stereocenters. The van der Waals surface area contributed by atoms with Crippen molar-refractivity contribution in [2.45, 2.75) is 6.42 Å². The van der Waals surface area contributed by atoms with E-state index in [2.05, 4.69) is 20.2 Å². The van der Waals surface area contributed by atoms with Crippen molar-refractivity contribution in [3.63, 3.8) is 0 Å². The molecule has 0 saturated carbocycles. The molecule has 1 aliphatic heterocycles. The third-order valence-corrected chi connectivity index (χ3v) is 5.31. The van der Waals surface area contributed by atoms with Crippen LogP contribution in [0.1, 0.15) is 38.3 Å². The Morgan fingerprint density at radius 2 is 1.88 bits per heavy atom. The van der Waals surface area contributed by atoms with E-state index in [-0.39, 0.29) is 17.4 Å². The predicted octanol–water partition coefficient (Wildman–Crippen LogP) is 1.85. The summed E-state index contributed by atoms with van der Waals surface area (Å²) in [5.41, 5.74) is 3.82. The van der Waals surface area contributed by atoms with Crippen LogP contribution in [-0.4, -0.2) is 67.5 Å². The lowest BCUT2D eigenvalue weighted by Gasteiger charge is -2.10. The Morgan fingerprint density at radius 1 is 1.12 bits per heavy atom. The standard InChI is InChI=1S/C24H23BN4O3/c1-29(2)12-4-11-26-22(30)16-6-3-5-15(13-16)21-19-18(23(31)28-21)20(27-24(19)32)14-7-9-17(25)10-8-14/h3,5-10,13,28,31H,4,11-12H2,1-2H3,(H,26,30). The number of aliphatic imine (C=N–C) groups is 1. The molecule has 2 heterocycles. The van der Waals surface area contributed by atoms with Crippen LogP contribution >= 0.6 is 0 Å². The second-order valence-corrected chi connectivity index (χ2v) is 7.98. The molecule has 8 heteroatoms. The minimum absolute atomic E-state index is 0.144. The van der Waals surface area contributed by atoms with E-state index in [1.54, 1.807) is 48.5 Å². The van der Waals surface area contributed by atoms with Gasteiger partial charge in [-0.2, -0.15) is 0 Å². The Morgan fingerprint density at radius 3 is 2.59 bits per heavy atom. The van der Waals surface area contributed by atoms with Crippen molar-refractivity contribution in [2.75, 3.05) is 27.2 Å². The maximum atomic E-state index is 12.7. The molecule has 4 rings (SSSR count). The first-order valence-electron chi connectivity index (χ1n) is 10.3. The first kappa shape index (κ1) is 21.6. The van der Waals surface area contributed by atoms with E-state index in [1.165, 1.54) is 0 Å². The zero-order valence-corrected chi connectivity index (χ0v) is 18.0. The van der Waals surface area contributed by atoms with Crippen molar-refractivity contribution in [2.24, 2.45) is 4.99 Å². The van der Waals surface area contributed by atoms with Gasteiger partial charge in [-0.3, -0.25) is 9.59 Å². The minimum atomic E-state index is -0.447. The summed E-state index contributed by atoms with van der Waals surface area (Å²) in [5, 5.41) is 13.5. The van der Waals surface area contributed by atoms with E-state index in [0.717, 1.165) is 13.0 Å². The number of H-pyrrole nitrogens is 1. The van der Waals surface area contributed by atoms with Crippen LogP contribution in [0.4, 0.5) is 0 Å². The number of hydrogen-bond acceptors (Lipinski definition) is 4. The van der Waals surface area contributed by atoms with Gasteiger partial charge in [0.05, 0.1) is 22.5 Å². The van der Waals surface area contributed by atoms with Crippen molar-refractivity contribution >= 4 is 30.8 Å². The van der Waals surface area contributed by atoms with Crippen molar-refractivity contribution in [3.8, 4) is 17.1 Å². The summed E-state index contributed by atoms with van der Waals surface area (Å²) in [6, 6.07) is 13.9. The maximum Gasteiger partial charge on any atom is 0.280 e. The van der Waals surface area contributed by atoms with Crippen molar-refractivity contribution in [1.82, 2.24) is 15.2 Å². The van der Waals surface area contributed by atoms with Gasteiger partial charge >= 0.3 is 0 Å². The van der Waals surface area contributed by atoms with E-state index in [0.29, 0.717) is 45.7 Å². The number of hydrogen-bond donors (Lipinski definition) is 3.